The van der Waals surface area contributed by atoms with Crippen LogP contribution in [0, 0.1) is 0 Å². The minimum absolute atomic E-state index is 0.237. The average molecular weight is 300 g/mol. The second-order valence-corrected chi connectivity index (χ2v) is 4.73. The van der Waals surface area contributed by atoms with Crippen LogP contribution < -0.4 is 9.47 Å². The number of ether oxygens (including phenoxy) is 2. The lowest BCUT2D eigenvalue weighted by Crippen LogP contribution is -2.17. The van der Waals surface area contributed by atoms with E-state index in [1.807, 2.05) is 13.8 Å². The van der Waals surface area contributed by atoms with E-state index in [9.17, 15) is 13.2 Å². The summed E-state index contributed by atoms with van der Waals surface area (Å²) in [7, 11) is 0. The zero-order valence-electron chi connectivity index (χ0n) is 11.6. The topological polar surface area (TPSA) is 36.3 Å². The molecule has 0 unspecified atom stereocenters. The summed E-state index contributed by atoms with van der Waals surface area (Å²) in [5, 5.41) is 4.13. The van der Waals surface area contributed by atoms with Crippen LogP contribution in [0.5, 0.6) is 11.5 Å². The third-order valence-corrected chi connectivity index (χ3v) is 2.67. The number of rotatable bonds is 5. The first-order valence-corrected chi connectivity index (χ1v) is 6.35. The van der Waals surface area contributed by atoms with Crippen molar-refractivity contribution in [1.29, 1.82) is 0 Å². The maximum Gasteiger partial charge on any atom is 0.573 e. The second-order valence-electron chi connectivity index (χ2n) is 4.73. The Morgan fingerprint density at radius 2 is 1.81 bits per heavy atom. The van der Waals surface area contributed by atoms with Crippen molar-refractivity contribution in [2.75, 3.05) is 0 Å². The summed E-state index contributed by atoms with van der Waals surface area (Å²) in [6, 6.07) is 5.79. The number of hydrogen-bond acceptors (Lipinski definition) is 3. The van der Waals surface area contributed by atoms with Gasteiger partial charge in [0.15, 0.2) is 5.75 Å². The van der Waals surface area contributed by atoms with Crippen molar-refractivity contribution in [2.45, 2.75) is 32.9 Å². The number of benzene rings is 1. The maximum atomic E-state index is 12.0. The van der Waals surface area contributed by atoms with Crippen LogP contribution in [0.25, 0.3) is 0 Å². The zero-order valence-corrected chi connectivity index (χ0v) is 11.6. The van der Waals surface area contributed by atoms with E-state index in [2.05, 4.69) is 9.84 Å². The van der Waals surface area contributed by atoms with Crippen LogP contribution >= 0.6 is 0 Å². The van der Waals surface area contributed by atoms with Crippen LogP contribution in [0.15, 0.2) is 36.7 Å². The molecule has 1 heterocycles. The van der Waals surface area contributed by atoms with Gasteiger partial charge < -0.3 is 9.47 Å². The highest BCUT2D eigenvalue weighted by molar-refractivity contribution is 5.27. The number of aromatic nitrogens is 2. The summed E-state index contributed by atoms with van der Waals surface area (Å²) in [5.74, 6) is 0.359. The minimum Gasteiger partial charge on any atom is -0.486 e. The van der Waals surface area contributed by atoms with Crippen molar-refractivity contribution in [3.63, 3.8) is 0 Å². The smallest absolute Gasteiger partial charge is 0.486 e. The molecule has 0 saturated heterocycles. The van der Waals surface area contributed by atoms with Crippen LogP contribution in [-0.4, -0.2) is 16.1 Å². The van der Waals surface area contributed by atoms with Gasteiger partial charge in [-0.3, -0.25) is 4.68 Å². The Hall–Kier alpha value is -2.18. The molecule has 0 N–H and O–H groups in total. The van der Waals surface area contributed by atoms with Crippen LogP contribution in [-0.2, 0) is 6.61 Å². The Morgan fingerprint density at radius 3 is 2.33 bits per heavy atom. The van der Waals surface area contributed by atoms with E-state index in [-0.39, 0.29) is 18.4 Å². The van der Waals surface area contributed by atoms with Crippen LogP contribution in [0.1, 0.15) is 25.5 Å². The zero-order chi connectivity index (χ0) is 15.5. The first-order chi connectivity index (χ1) is 9.83. The first kappa shape index (κ1) is 15.2. The van der Waals surface area contributed by atoms with Crippen molar-refractivity contribution in [3.8, 4) is 11.5 Å². The van der Waals surface area contributed by atoms with Crippen LogP contribution in [0.3, 0.4) is 0 Å². The number of nitrogens with zero attached hydrogens (tertiary/aromatic N) is 2. The molecular weight excluding hydrogens is 285 g/mol. The molecule has 4 nitrogen and oxygen atoms in total. The van der Waals surface area contributed by atoms with Crippen molar-refractivity contribution in [3.05, 3.63) is 42.2 Å². The second kappa shape index (κ2) is 6.07. The quantitative estimate of drug-likeness (QED) is 0.839. The lowest BCUT2D eigenvalue weighted by molar-refractivity contribution is -0.274. The summed E-state index contributed by atoms with van der Waals surface area (Å²) in [4.78, 5) is 0. The molecule has 0 radical (unpaired) electrons. The molecule has 0 saturated carbocycles. The van der Waals surface area contributed by atoms with Crippen LogP contribution in [0.4, 0.5) is 13.2 Å². The van der Waals surface area contributed by atoms with Crippen LogP contribution in [0.2, 0.25) is 0 Å². The Kier molecular flexibility index (Phi) is 4.40. The number of hydrogen-bond donors (Lipinski definition) is 0. The van der Waals surface area contributed by atoms with E-state index in [1.165, 1.54) is 24.3 Å². The van der Waals surface area contributed by atoms with E-state index in [1.54, 1.807) is 17.1 Å². The maximum absolute atomic E-state index is 12.0. The summed E-state index contributed by atoms with van der Waals surface area (Å²) >= 11 is 0. The third-order valence-electron chi connectivity index (χ3n) is 2.67. The van der Waals surface area contributed by atoms with Gasteiger partial charge in [0.2, 0.25) is 0 Å². The van der Waals surface area contributed by atoms with Gasteiger partial charge in [0.25, 0.3) is 0 Å². The Morgan fingerprint density at radius 1 is 1.14 bits per heavy atom. The van der Waals surface area contributed by atoms with Crippen molar-refractivity contribution >= 4 is 0 Å². The highest BCUT2D eigenvalue weighted by Crippen LogP contribution is 2.23. The molecule has 7 heteroatoms. The largest absolute Gasteiger partial charge is 0.573 e. The molecule has 2 rings (SSSR count). The molecule has 0 spiro atoms. The van der Waals surface area contributed by atoms with Gasteiger partial charge in [-0.25, -0.2) is 0 Å². The average Bonchev–Trinajstić information content (AvgIpc) is 2.85. The van der Waals surface area contributed by atoms with Gasteiger partial charge in [0.05, 0.1) is 12.4 Å². The molecule has 0 amide bonds. The fraction of sp³-hybridized carbons (Fsp3) is 0.357. The predicted octanol–water partition coefficient (Wildman–Crippen LogP) is 3.94. The van der Waals surface area contributed by atoms with E-state index < -0.39 is 6.36 Å². The molecule has 0 aliphatic carbocycles. The summed E-state index contributed by atoms with van der Waals surface area (Å²) in [5.41, 5.74) is 0.738. The van der Waals surface area contributed by atoms with Gasteiger partial charge in [0, 0.05) is 6.04 Å². The highest BCUT2D eigenvalue weighted by Gasteiger charge is 2.30. The fourth-order valence-electron chi connectivity index (χ4n) is 1.63. The van der Waals surface area contributed by atoms with E-state index in [0.29, 0.717) is 5.75 Å². The van der Waals surface area contributed by atoms with E-state index in [4.69, 9.17) is 4.74 Å². The summed E-state index contributed by atoms with van der Waals surface area (Å²) in [6.45, 7) is 4.24. The van der Waals surface area contributed by atoms with Gasteiger partial charge >= 0.3 is 6.36 Å². The fourth-order valence-corrected chi connectivity index (χ4v) is 1.63. The van der Waals surface area contributed by atoms with E-state index in [0.717, 1.165) is 5.56 Å². The van der Waals surface area contributed by atoms with Gasteiger partial charge in [0.1, 0.15) is 12.4 Å². The van der Waals surface area contributed by atoms with Gasteiger partial charge in [-0.05, 0) is 31.5 Å². The summed E-state index contributed by atoms with van der Waals surface area (Å²) in [6.07, 6.45) is -1.31. The Bertz CT molecular complexity index is 577. The first-order valence-electron chi connectivity index (χ1n) is 6.35. The Balaban J connectivity index is 1.91. The monoisotopic (exact) mass is 300 g/mol. The molecule has 1 aromatic heterocycles. The standard InChI is InChI=1S/C14H15F3N2O2/c1-10(2)19-8-13(7-18-19)20-9-11-3-5-12(6-4-11)21-14(15,16)17/h3-8,10H,9H2,1-2H3. The minimum atomic E-state index is -4.68. The molecule has 0 aliphatic rings. The molecular formula is C14H15F3N2O2. The third kappa shape index (κ3) is 4.70. The molecule has 0 aliphatic heterocycles. The highest BCUT2D eigenvalue weighted by atomic mass is 19.4. The molecule has 21 heavy (non-hydrogen) atoms. The SMILES string of the molecule is CC(C)n1cc(OCc2ccc(OC(F)(F)F)cc2)cn1. The van der Waals surface area contributed by atoms with Gasteiger partial charge in [-0.1, -0.05) is 12.1 Å². The molecule has 0 atom stereocenters. The van der Waals surface area contributed by atoms with Crippen molar-refractivity contribution < 1.29 is 22.6 Å². The van der Waals surface area contributed by atoms with Crippen molar-refractivity contribution in [1.82, 2.24) is 9.78 Å². The molecule has 114 valence electrons. The molecule has 0 fully saturated rings. The Labute approximate surface area is 120 Å². The molecule has 1 aromatic carbocycles. The molecule has 0 bridgehead atoms. The lowest BCUT2D eigenvalue weighted by Gasteiger charge is -2.09. The predicted molar refractivity (Wildman–Crippen MR) is 70.1 cm³/mol. The lowest BCUT2D eigenvalue weighted by atomic mass is 10.2. The summed E-state index contributed by atoms with van der Waals surface area (Å²) < 4.78 is 47.1. The normalized spacial score (nSPS) is 11.7. The number of halogens is 3. The number of alkyl halides is 3. The van der Waals surface area contributed by atoms with E-state index >= 15 is 0 Å². The van der Waals surface area contributed by atoms with Gasteiger partial charge in [-0.2, -0.15) is 5.10 Å². The molecule has 2 aromatic rings. The van der Waals surface area contributed by atoms with Crippen molar-refractivity contribution in [2.24, 2.45) is 0 Å². The van der Waals surface area contributed by atoms with Gasteiger partial charge in [-0.15, -0.1) is 13.2 Å².